The van der Waals surface area contributed by atoms with E-state index in [1.807, 2.05) is 12.1 Å². The van der Waals surface area contributed by atoms with E-state index >= 15 is 0 Å². The molecule has 0 radical (unpaired) electrons. The van der Waals surface area contributed by atoms with Gasteiger partial charge in [0.1, 0.15) is 21.7 Å². The van der Waals surface area contributed by atoms with Gasteiger partial charge in [-0.25, -0.2) is 4.98 Å². The zero-order valence-corrected chi connectivity index (χ0v) is 13.6. The van der Waals surface area contributed by atoms with Crippen LogP contribution >= 0.6 is 11.3 Å². The lowest BCUT2D eigenvalue weighted by molar-refractivity contribution is 0.126. The van der Waals surface area contributed by atoms with Gasteiger partial charge in [0.15, 0.2) is 5.13 Å². The van der Waals surface area contributed by atoms with Crippen molar-refractivity contribution in [2.24, 2.45) is 0 Å². The minimum atomic E-state index is -0.160. The highest BCUT2D eigenvalue weighted by atomic mass is 32.1. The van der Waals surface area contributed by atoms with E-state index in [9.17, 15) is 5.11 Å². The number of hydrogen-bond acceptors (Lipinski definition) is 6. The van der Waals surface area contributed by atoms with Crippen LogP contribution in [0.1, 0.15) is 25.7 Å². The second-order valence-corrected chi connectivity index (χ2v) is 7.04. The molecule has 2 fully saturated rings. The highest BCUT2D eigenvalue weighted by Crippen LogP contribution is 2.45. The number of thiazole rings is 1. The summed E-state index contributed by atoms with van der Waals surface area (Å²) in [7, 11) is 3.35. The van der Waals surface area contributed by atoms with Crippen molar-refractivity contribution in [3.63, 3.8) is 0 Å². The molecule has 4 rings (SSSR count). The molecule has 2 unspecified atom stereocenters. The van der Waals surface area contributed by atoms with E-state index in [-0.39, 0.29) is 6.10 Å². The average molecular weight is 320 g/mol. The third kappa shape index (κ3) is 2.05. The van der Waals surface area contributed by atoms with Gasteiger partial charge in [-0.2, -0.15) is 0 Å². The second-order valence-electron chi connectivity index (χ2n) is 6.06. The van der Waals surface area contributed by atoms with Crippen molar-refractivity contribution in [2.75, 3.05) is 19.1 Å². The van der Waals surface area contributed by atoms with E-state index in [0.717, 1.165) is 52.5 Å². The number of anilines is 1. The van der Waals surface area contributed by atoms with E-state index in [2.05, 4.69) is 4.90 Å². The van der Waals surface area contributed by atoms with Crippen LogP contribution in [0.15, 0.2) is 12.1 Å². The van der Waals surface area contributed by atoms with Crippen molar-refractivity contribution in [3.05, 3.63) is 12.1 Å². The first-order valence-corrected chi connectivity index (χ1v) is 8.51. The average Bonchev–Trinajstić information content (AvgIpc) is 3.05. The molecule has 2 aliphatic heterocycles. The predicted octanol–water partition coefficient (Wildman–Crippen LogP) is 2.81. The second kappa shape index (κ2) is 5.28. The highest BCUT2D eigenvalue weighted by Gasteiger charge is 2.41. The summed E-state index contributed by atoms with van der Waals surface area (Å²) >= 11 is 1.66. The lowest BCUT2D eigenvalue weighted by Crippen LogP contribution is -2.44. The Morgan fingerprint density at radius 2 is 1.77 bits per heavy atom. The Kier molecular flexibility index (Phi) is 3.38. The molecule has 118 valence electrons. The van der Waals surface area contributed by atoms with Gasteiger partial charge in [0.2, 0.25) is 0 Å². The summed E-state index contributed by atoms with van der Waals surface area (Å²) < 4.78 is 11.9. The maximum atomic E-state index is 9.98. The van der Waals surface area contributed by atoms with Crippen LogP contribution in [-0.2, 0) is 0 Å². The number of piperidine rings is 1. The SMILES string of the molecule is COc1ccc(OC)c2sc(N3C4CCC3CC(O)C4)nc12. The lowest BCUT2D eigenvalue weighted by Gasteiger charge is -2.36. The third-order valence-corrected chi connectivity index (χ3v) is 5.91. The first kappa shape index (κ1) is 14.1. The van der Waals surface area contributed by atoms with Crippen LogP contribution in [0.25, 0.3) is 10.2 Å². The largest absolute Gasteiger partial charge is 0.495 e. The fourth-order valence-electron chi connectivity index (χ4n) is 3.85. The number of benzene rings is 1. The molecule has 5 nitrogen and oxygen atoms in total. The summed E-state index contributed by atoms with van der Waals surface area (Å²) in [5.41, 5.74) is 0.868. The molecular formula is C16H20N2O3S. The quantitative estimate of drug-likeness (QED) is 0.942. The molecular weight excluding hydrogens is 300 g/mol. The van der Waals surface area contributed by atoms with Crippen LogP contribution in [0.3, 0.4) is 0 Å². The number of hydrogen-bond donors (Lipinski definition) is 1. The summed E-state index contributed by atoms with van der Waals surface area (Å²) in [5.74, 6) is 1.62. The van der Waals surface area contributed by atoms with Gasteiger partial charge < -0.3 is 19.5 Å². The Bertz CT molecular complexity index is 647. The van der Waals surface area contributed by atoms with Crippen LogP contribution in [-0.4, -0.2) is 42.5 Å². The van der Waals surface area contributed by atoms with Gasteiger partial charge in [-0.05, 0) is 37.8 Å². The van der Waals surface area contributed by atoms with Crippen molar-refractivity contribution >= 4 is 26.7 Å². The number of rotatable bonds is 3. The summed E-state index contributed by atoms with van der Waals surface area (Å²) in [4.78, 5) is 7.25. The fraction of sp³-hybridized carbons (Fsp3) is 0.562. The summed E-state index contributed by atoms with van der Waals surface area (Å²) in [6.07, 6.45) is 3.83. The molecule has 0 amide bonds. The molecule has 0 aliphatic carbocycles. The summed E-state index contributed by atoms with van der Waals surface area (Å²) in [6, 6.07) is 4.65. The van der Waals surface area contributed by atoms with Crippen molar-refractivity contribution in [3.8, 4) is 11.5 Å². The molecule has 1 aromatic heterocycles. The third-order valence-electron chi connectivity index (χ3n) is 4.83. The number of aliphatic hydroxyl groups is 1. The van der Waals surface area contributed by atoms with Gasteiger partial charge in [0.25, 0.3) is 0 Å². The number of methoxy groups -OCH3 is 2. The monoisotopic (exact) mass is 320 g/mol. The Hall–Kier alpha value is -1.53. The van der Waals surface area contributed by atoms with Crippen molar-refractivity contribution in [1.82, 2.24) is 4.98 Å². The van der Waals surface area contributed by atoms with Gasteiger partial charge in [-0.15, -0.1) is 0 Å². The molecule has 2 atom stereocenters. The van der Waals surface area contributed by atoms with Crippen molar-refractivity contribution in [1.29, 1.82) is 0 Å². The number of aromatic nitrogens is 1. The molecule has 1 N–H and O–H groups in total. The number of aliphatic hydroxyl groups excluding tert-OH is 1. The summed E-state index contributed by atoms with van der Waals surface area (Å²) in [6.45, 7) is 0. The van der Waals surface area contributed by atoms with E-state index in [4.69, 9.17) is 14.5 Å². The van der Waals surface area contributed by atoms with Crippen LogP contribution in [0.5, 0.6) is 11.5 Å². The molecule has 0 saturated carbocycles. The zero-order chi connectivity index (χ0) is 15.3. The minimum Gasteiger partial charge on any atom is -0.495 e. The van der Waals surface area contributed by atoms with Gasteiger partial charge in [-0.1, -0.05) is 11.3 Å². The first-order valence-electron chi connectivity index (χ1n) is 7.69. The number of fused-ring (bicyclic) bond motifs is 3. The molecule has 1 aromatic carbocycles. The molecule has 0 spiro atoms. The molecule has 2 aliphatic rings. The highest BCUT2D eigenvalue weighted by molar-refractivity contribution is 7.22. The Balaban J connectivity index is 1.80. The van der Waals surface area contributed by atoms with Crippen LogP contribution in [0.2, 0.25) is 0 Å². The van der Waals surface area contributed by atoms with Crippen LogP contribution in [0.4, 0.5) is 5.13 Å². The van der Waals surface area contributed by atoms with Gasteiger partial charge >= 0.3 is 0 Å². The van der Waals surface area contributed by atoms with Crippen LogP contribution < -0.4 is 14.4 Å². The van der Waals surface area contributed by atoms with E-state index in [1.165, 1.54) is 0 Å². The standard InChI is InChI=1S/C16H20N2O3S/c1-20-12-5-6-13(21-2)15-14(12)17-16(22-15)18-9-3-4-10(18)8-11(19)7-9/h5-6,9-11,19H,3-4,7-8H2,1-2H3. The smallest absolute Gasteiger partial charge is 0.187 e. The molecule has 6 heteroatoms. The van der Waals surface area contributed by atoms with E-state index in [0.29, 0.717) is 12.1 Å². The molecule has 22 heavy (non-hydrogen) atoms. The van der Waals surface area contributed by atoms with Crippen molar-refractivity contribution in [2.45, 2.75) is 43.9 Å². The fourth-order valence-corrected chi connectivity index (χ4v) is 5.06. The maximum Gasteiger partial charge on any atom is 0.187 e. The predicted molar refractivity (Wildman–Crippen MR) is 87.3 cm³/mol. The van der Waals surface area contributed by atoms with Crippen LogP contribution in [0, 0.1) is 0 Å². The number of ether oxygens (including phenoxy) is 2. The lowest BCUT2D eigenvalue weighted by atomic mass is 10.0. The van der Waals surface area contributed by atoms with Crippen molar-refractivity contribution < 1.29 is 14.6 Å². The Labute approximate surface area is 133 Å². The van der Waals surface area contributed by atoms with Gasteiger partial charge in [0.05, 0.1) is 20.3 Å². The van der Waals surface area contributed by atoms with Gasteiger partial charge in [-0.3, -0.25) is 0 Å². The normalized spacial score (nSPS) is 27.4. The van der Waals surface area contributed by atoms with Gasteiger partial charge in [0, 0.05) is 12.1 Å². The molecule has 3 heterocycles. The molecule has 2 aromatic rings. The summed E-state index contributed by atoms with van der Waals surface area (Å²) in [5, 5.41) is 11.0. The minimum absolute atomic E-state index is 0.160. The molecule has 2 saturated heterocycles. The Morgan fingerprint density at radius 3 is 2.41 bits per heavy atom. The number of nitrogens with zero attached hydrogens (tertiary/aromatic N) is 2. The van der Waals surface area contributed by atoms with E-state index in [1.54, 1.807) is 25.6 Å². The Morgan fingerprint density at radius 1 is 1.14 bits per heavy atom. The van der Waals surface area contributed by atoms with E-state index < -0.39 is 0 Å². The maximum absolute atomic E-state index is 9.98. The first-order chi connectivity index (χ1) is 10.7. The topological polar surface area (TPSA) is 54.8 Å². The zero-order valence-electron chi connectivity index (χ0n) is 12.8. The molecule has 2 bridgehead atoms.